The van der Waals surface area contributed by atoms with Gasteiger partial charge in [0.2, 0.25) is 5.91 Å². The third-order valence-electron chi connectivity index (χ3n) is 5.14. The molecule has 0 aliphatic carbocycles. The van der Waals surface area contributed by atoms with E-state index in [1.807, 2.05) is 0 Å². The van der Waals surface area contributed by atoms with Gasteiger partial charge in [0.15, 0.2) is 15.6 Å². The van der Waals surface area contributed by atoms with Gasteiger partial charge in [-0.25, -0.2) is 8.42 Å². The molecule has 0 bridgehead atoms. The fourth-order valence-corrected chi connectivity index (χ4v) is 4.79. The molecule has 8 nitrogen and oxygen atoms in total. The van der Waals surface area contributed by atoms with Crippen molar-refractivity contribution >= 4 is 21.5 Å². The second-order valence-corrected chi connectivity index (χ2v) is 10.4. The van der Waals surface area contributed by atoms with Crippen molar-refractivity contribution in [2.45, 2.75) is 62.4 Å². The van der Waals surface area contributed by atoms with E-state index in [1.54, 1.807) is 13.8 Å². The SMILES string of the molecule is CC(C)(C(N)=O)c1cc(CC(=O)C(C)(C)S(=O)(=O)C2CCOCC2)on1. The molecule has 1 aliphatic rings. The normalized spacial score (nSPS) is 17.2. The maximum absolute atomic E-state index is 12.9. The molecule has 1 aromatic heterocycles. The topological polar surface area (TPSA) is 130 Å². The molecular weight excluding hydrogens is 360 g/mol. The first-order valence-corrected chi connectivity index (χ1v) is 10.1. The molecule has 26 heavy (non-hydrogen) atoms. The number of nitrogens with zero attached hydrogens (tertiary/aromatic N) is 1. The van der Waals surface area contributed by atoms with Gasteiger partial charge in [-0.1, -0.05) is 5.16 Å². The molecule has 0 radical (unpaired) electrons. The second kappa shape index (κ2) is 7.11. The Morgan fingerprint density at radius 1 is 1.23 bits per heavy atom. The summed E-state index contributed by atoms with van der Waals surface area (Å²) in [5, 5.41) is 3.21. The molecule has 146 valence electrons. The van der Waals surface area contributed by atoms with Crippen LogP contribution in [0, 0.1) is 0 Å². The van der Waals surface area contributed by atoms with Crippen LogP contribution in [0.4, 0.5) is 0 Å². The molecule has 2 rings (SSSR count). The van der Waals surface area contributed by atoms with Gasteiger partial charge in [-0.05, 0) is 40.5 Å². The van der Waals surface area contributed by atoms with Gasteiger partial charge in [0.25, 0.3) is 0 Å². The quantitative estimate of drug-likeness (QED) is 0.737. The lowest BCUT2D eigenvalue weighted by Gasteiger charge is -2.30. The summed E-state index contributed by atoms with van der Waals surface area (Å²) < 4.78 is 34.6. The smallest absolute Gasteiger partial charge is 0.229 e. The number of ether oxygens (including phenoxy) is 1. The number of Topliss-reactive ketones (excluding diaryl/α,β-unsaturated/α-hetero) is 1. The standard InChI is InChI=1S/C17H26N2O6S/c1-16(2,15(18)21)13-9-11(25-19-13)10-14(20)17(3,4)26(22,23)12-5-7-24-8-6-12/h9,12H,5-8,10H2,1-4H3,(H2,18,21). The van der Waals surface area contributed by atoms with Crippen LogP contribution in [0.2, 0.25) is 0 Å². The predicted molar refractivity (Wildman–Crippen MR) is 94.3 cm³/mol. The molecule has 0 atom stereocenters. The molecule has 0 aromatic carbocycles. The van der Waals surface area contributed by atoms with Crippen LogP contribution in [-0.2, 0) is 36.0 Å². The molecule has 1 fully saturated rings. The summed E-state index contributed by atoms with van der Waals surface area (Å²) in [5.41, 5.74) is 4.60. The predicted octanol–water partition coefficient (Wildman–Crippen LogP) is 0.922. The Bertz CT molecular complexity index is 788. The van der Waals surface area contributed by atoms with E-state index in [-0.39, 0.29) is 12.2 Å². The maximum atomic E-state index is 12.9. The summed E-state index contributed by atoms with van der Waals surface area (Å²) in [6.45, 7) is 6.79. The zero-order valence-electron chi connectivity index (χ0n) is 15.6. The third kappa shape index (κ3) is 3.68. The zero-order chi connectivity index (χ0) is 19.8. The van der Waals surface area contributed by atoms with E-state index < -0.39 is 36.9 Å². The number of carbonyl (C=O) groups is 2. The van der Waals surface area contributed by atoms with Crippen molar-refractivity contribution in [3.63, 3.8) is 0 Å². The van der Waals surface area contributed by atoms with Crippen molar-refractivity contribution in [1.29, 1.82) is 0 Å². The summed E-state index contributed by atoms with van der Waals surface area (Å²) in [5.74, 6) is -0.857. The summed E-state index contributed by atoms with van der Waals surface area (Å²) in [4.78, 5) is 24.2. The number of hydrogen-bond donors (Lipinski definition) is 1. The van der Waals surface area contributed by atoms with E-state index in [1.165, 1.54) is 19.9 Å². The van der Waals surface area contributed by atoms with Crippen LogP contribution in [0.5, 0.6) is 0 Å². The van der Waals surface area contributed by atoms with E-state index in [4.69, 9.17) is 15.0 Å². The first-order chi connectivity index (χ1) is 11.9. The van der Waals surface area contributed by atoms with Gasteiger partial charge in [0.05, 0.1) is 22.8 Å². The monoisotopic (exact) mass is 386 g/mol. The van der Waals surface area contributed by atoms with Gasteiger partial charge in [0, 0.05) is 19.3 Å². The summed E-state index contributed by atoms with van der Waals surface area (Å²) in [7, 11) is -3.68. The van der Waals surface area contributed by atoms with Crippen LogP contribution >= 0.6 is 0 Å². The molecule has 0 saturated carbocycles. The van der Waals surface area contributed by atoms with Crippen molar-refractivity contribution < 1.29 is 27.3 Å². The Kier molecular flexibility index (Phi) is 5.63. The highest BCUT2D eigenvalue weighted by Crippen LogP contribution is 2.30. The average molecular weight is 386 g/mol. The number of carbonyl (C=O) groups excluding carboxylic acids is 2. The molecule has 1 saturated heterocycles. The van der Waals surface area contributed by atoms with Gasteiger partial charge in [-0.2, -0.15) is 0 Å². The molecular formula is C17H26N2O6S. The summed E-state index contributed by atoms with van der Waals surface area (Å²) >= 11 is 0. The van der Waals surface area contributed by atoms with Gasteiger partial charge < -0.3 is 15.0 Å². The molecule has 1 aromatic rings. The Morgan fingerprint density at radius 3 is 2.35 bits per heavy atom. The third-order valence-corrected chi connectivity index (χ3v) is 8.14. The van der Waals surface area contributed by atoms with Crippen molar-refractivity contribution in [3.05, 3.63) is 17.5 Å². The maximum Gasteiger partial charge on any atom is 0.229 e. The van der Waals surface area contributed by atoms with Crippen LogP contribution in [0.25, 0.3) is 0 Å². The Labute approximate surface area is 153 Å². The number of sulfone groups is 1. The molecule has 0 unspecified atom stereocenters. The number of aromatic nitrogens is 1. The zero-order valence-corrected chi connectivity index (χ0v) is 16.4. The minimum Gasteiger partial charge on any atom is -0.381 e. The van der Waals surface area contributed by atoms with Crippen molar-refractivity contribution in [2.24, 2.45) is 5.73 Å². The summed E-state index contributed by atoms with van der Waals surface area (Å²) in [6.07, 6.45) is 0.549. The van der Waals surface area contributed by atoms with Crippen molar-refractivity contribution in [1.82, 2.24) is 5.16 Å². The molecule has 9 heteroatoms. The largest absolute Gasteiger partial charge is 0.381 e. The summed E-state index contributed by atoms with van der Waals surface area (Å²) in [6, 6.07) is 1.47. The van der Waals surface area contributed by atoms with E-state index in [0.717, 1.165) is 0 Å². The Morgan fingerprint density at radius 2 is 1.81 bits per heavy atom. The van der Waals surface area contributed by atoms with Crippen molar-refractivity contribution in [3.8, 4) is 0 Å². The van der Waals surface area contributed by atoms with Crippen LogP contribution in [-0.4, -0.2) is 48.5 Å². The molecule has 2 N–H and O–H groups in total. The number of nitrogens with two attached hydrogens (primary N) is 1. The molecule has 1 aliphatic heterocycles. The average Bonchev–Trinajstić information content (AvgIpc) is 3.04. The van der Waals surface area contributed by atoms with Gasteiger partial charge in [-0.3, -0.25) is 9.59 Å². The molecule has 2 heterocycles. The lowest BCUT2D eigenvalue weighted by atomic mass is 9.88. The van der Waals surface area contributed by atoms with Crippen molar-refractivity contribution in [2.75, 3.05) is 13.2 Å². The number of rotatable bonds is 7. The fourth-order valence-electron chi connectivity index (χ4n) is 2.75. The fraction of sp³-hybridized carbons (Fsp3) is 0.706. The van der Waals surface area contributed by atoms with E-state index in [9.17, 15) is 18.0 Å². The number of hydrogen-bond acceptors (Lipinski definition) is 7. The lowest BCUT2D eigenvalue weighted by molar-refractivity contribution is -0.122. The molecule has 1 amide bonds. The van der Waals surface area contributed by atoms with Crippen LogP contribution in [0.1, 0.15) is 52.0 Å². The Balaban J connectivity index is 2.18. The van der Waals surface area contributed by atoms with Crippen LogP contribution < -0.4 is 5.73 Å². The van der Waals surface area contributed by atoms with Crippen LogP contribution in [0.3, 0.4) is 0 Å². The minimum absolute atomic E-state index is 0.203. The van der Waals surface area contributed by atoms with Gasteiger partial charge >= 0.3 is 0 Å². The van der Waals surface area contributed by atoms with E-state index >= 15 is 0 Å². The lowest BCUT2D eigenvalue weighted by Crippen LogP contribution is -2.48. The van der Waals surface area contributed by atoms with Gasteiger partial charge in [0.1, 0.15) is 10.5 Å². The highest BCUT2D eigenvalue weighted by molar-refractivity contribution is 7.94. The number of primary amides is 1. The van der Waals surface area contributed by atoms with E-state index in [0.29, 0.717) is 31.7 Å². The number of ketones is 1. The highest BCUT2D eigenvalue weighted by atomic mass is 32.2. The second-order valence-electron chi connectivity index (χ2n) is 7.63. The first kappa shape index (κ1) is 20.6. The first-order valence-electron chi connectivity index (χ1n) is 8.51. The minimum atomic E-state index is -3.68. The highest BCUT2D eigenvalue weighted by Gasteiger charge is 2.46. The number of amides is 1. The van der Waals surface area contributed by atoms with Crippen LogP contribution in [0.15, 0.2) is 10.6 Å². The van der Waals surface area contributed by atoms with Gasteiger partial charge in [-0.15, -0.1) is 0 Å². The molecule has 0 spiro atoms. The van der Waals surface area contributed by atoms with E-state index in [2.05, 4.69) is 5.16 Å². The Hall–Kier alpha value is -1.74.